The van der Waals surface area contributed by atoms with E-state index in [1.807, 2.05) is 0 Å². The molecule has 0 atom stereocenters. The number of nitrogens with two attached hydrogens (primary N) is 1. The highest BCUT2D eigenvalue weighted by atomic mass is 32.1. The van der Waals surface area contributed by atoms with Crippen LogP contribution < -0.4 is 10.5 Å². The van der Waals surface area contributed by atoms with Gasteiger partial charge in [-0.2, -0.15) is 18.3 Å². The molecule has 0 aliphatic rings. The topological polar surface area (TPSA) is 53.1 Å². The average molecular weight is 315 g/mol. The van der Waals surface area contributed by atoms with Crippen molar-refractivity contribution < 1.29 is 17.9 Å². The summed E-state index contributed by atoms with van der Waals surface area (Å²) in [6.07, 6.45) is -4.53. The molecule has 2 aromatic rings. The molecule has 0 saturated carbocycles. The van der Waals surface area contributed by atoms with Crippen molar-refractivity contribution in [2.24, 2.45) is 12.8 Å². The van der Waals surface area contributed by atoms with E-state index in [0.29, 0.717) is 5.88 Å². The number of benzene rings is 1. The molecule has 0 bridgehead atoms. The molecule has 1 heterocycles. The van der Waals surface area contributed by atoms with Crippen LogP contribution in [0.25, 0.3) is 0 Å². The van der Waals surface area contributed by atoms with E-state index in [-0.39, 0.29) is 16.3 Å². The van der Waals surface area contributed by atoms with Crippen LogP contribution in [0.1, 0.15) is 16.8 Å². The Hall–Kier alpha value is -2.09. The molecule has 0 spiro atoms. The predicted octanol–water partition coefficient (Wildman–Crippen LogP) is 3.17. The number of thiocarbonyl (C=S) groups is 1. The molecule has 21 heavy (non-hydrogen) atoms. The molecule has 0 fully saturated rings. The van der Waals surface area contributed by atoms with Crippen molar-refractivity contribution in [3.63, 3.8) is 0 Å². The van der Waals surface area contributed by atoms with Gasteiger partial charge in [-0.05, 0) is 25.1 Å². The Bertz CT molecular complexity index is 694. The summed E-state index contributed by atoms with van der Waals surface area (Å²) in [6, 6.07) is 4.95. The van der Waals surface area contributed by atoms with Gasteiger partial charge in [0.2, 0.25) is 5.88 Å². The van der Waals surface area contributed by atoms with Crippen molar-refractivity contribution in [1.29, 1.82) is 0 Å². The van der Waals surface area contributed by atoms with Gasteiger partial charge in [-0.3, -0.25) is 0 Å². The van der Waals surface area contributed by atoms with Gasteiger partial charge in [0.15, 0.2) is 0 Å². The highest BCUT2D eigenvalue weighted by Crippen LogP contribution is 2.34. The SMILES string of the molecule is Cc1cc(Oc2ccc(C(F)(F)F)c(C(N)=S)c2)n(C)n1. The number of alkyl halides is 3. The van der Waals surface area contributed by atoms with Gasteiger partial charge in [-0.15, -0.1) is 0 Å². The predicted molar refractivity (Wildman–Crippen MR) is 75.4 cm³/mol. The first kappa shape index (κ1) is 15.3. The van der Waals surface area contributed by atoms with Crippen molar-refractivity contribution in [2.75, 3.05) is 0 Å². The maximum absolute atomic E-state index is 12.9. The Morgan fingerprint density at radius 1 is 1.33 bits per heavy atom. The van der Waals surface area contributed by atoms with Gasteiger partial charge in [0, 0.05) is 18.7 Å². The summed E-state index contributed by atoms with van der Waals surface area (Å²) < 4.78 is 45.6. The molecule has 0 unspecified atom stereocenters. The first-order valence-electron chi connectivity index (χ1n) is 5.88. The van der Waals surface area contributed by atoms with Crippen LogP contribution >= 0.6 is 12.2 Å². The molecule has 112 valence electrons. The van der Waals surface area contributed by atoms with Crippen LogP contribution in [0.3, 0.4) is 0 Å². The van der Waals surface area contributed by atoms with Gasteiger partial charge in [0.1, 0.15) is 10.7 Å². The Labute approximate surface area is 124 Å². The number of hydrogen-bond donors (Lipinski definition) is 1. The summed E-state index contributed by atoms with van der Waals surface area (Å²) in [5, 5.41) is 4.08. The van der Waals surface area contributed by atoms with E-state index in [0.717, 1.165) is 11.8 Å². The third-order valence-electron chi connectivity index (χ3n) is 2.74. The van der Waals surface area contributed by atoms with E-state index in [4.69, 9.17) is 10.5 Å². The lowest BCUT2D eigenvalue weighted by Gasteiger charge is -2.13. The summed E-state index contributed by atoms with van der Waals surface area (Å²) in [5.74, 6) is 0.606. The Kier molecular flexibility index (Phi) is 3.91. The second kappa shape index (κ2) is 5.36. The Balaban J connectivity index is 2.41. The first-order chi connectivity index (χ1) is 9.68. The summed E-state index contributed by atoms with van der Waals surface area (Å²) in [4.78, 5) is -0.339. The number of aryl methyl sites for hydroxylation is 2. The molecule has 2 rings (SSSR count). The maximum Gasteiger partial charge on any atom is 0.417 e. The second-order valence-electron chi connectivity index (χ2n) is 4.42. The minimum Gasteiger partial charge on any atom is -0.439 e. The second-order valence-corrected chi connectivity index (χ2v) is 4.86. The van der Waals surface area contributed by atoms with Gasteiger partial charge in [0.05, 0.1) is 11.3 Å². The van der Waals surface area contributed by atoms with Crippen LogP contribution in [0.4, 0.5) is 13.2 Å². The third kappa shape index (κ3) is 3.33. The van der Waals surface area contributed by atoms with Crippen molar-refractivity contribution in [3.05, 3.63) is 41.1 Å². The summed E-state index contributed by atoms with van der Waals surface area (Å²) in [7, 11) is 1.67. The summed E-state index contributed by atoms with van der Waals surface area (Å²) >= 11 is 4.68. The lowest BCUT2D eigenvalue weighted by atomic mass is 10.1. The fraction of sp³-hybridized carbons (Fsp3) is 0.231. The Morgan fingerprint density at radius 2 is 2.00 bits per heavy atom. The van der Waals surface area contributed by atoms with Gasteiger partial charge >= 0.3 is 6.18 Å². The quantitative estimate of drug-likeness (QED) is 0.884. The number of hydrogen-bond acceptors (Lipinski definition) is 3. The molecular formula is C13H12F3N3OS. The number of ether oxygens (including phenoxy) is 1. The number of nitrogens with zero attached hydrogens (tertiary/aromatic N) is 2. The van der Waals surface area contributed by atoms with Crippen molar-refractivity contribution in [2.45, 2.75) is 13.1 Å². The highest BCUT2D eigenvalue weighted by molar-refractivity contribution is 7.80. The normalized spacial score (nSPS) is 11.5. The molecule has 2 N–H and O–H groups in total. The first-order valence-corrected chi connectivity index (χ1v) is 6.29. The van der Waals surface area contributed by atoms with Crippen LogP contribution in [0, 0.1) is 6.92 Å². The lowest BCUT2D eigenvalue weighted by molar-refractivity contribution is -0.137. The highest BCUT2D eigenvalue weighted by Gasteiger charge is 2.34. The van der Waals surface area contributed by atoms with E-state index < -0.39 is 11.7 Å². The molecule has 0 aliphatic heterocycles. The number of aromatic nitrogens is 2. The van der Waals surface area contributed by atoms with E-state index in [2.05, 4.69) is 17.3 Å². The fourth-order valence-corrected chi connectivity index (χ4v) is 2.01. The summed E-state index contributed by atoms with van der Waals surface area (Å²) in [5.41, 5.74) is 4.94. The number of rotatable bonds is 3. The molecule has 0 amide bonds. The fourth-order valence-electron chi connectivity index (χ4n) is 1.84. The maximum atomic E-state index is 12.9. The molecule has 0 radical (unpaired) electrons. The van der Waals surface area contributed by atoms with Crippen LogP contribution in [-0.4, -0.2) is 14.8 Å². The van der Waals surface area contributed by atoms with Gasteiger partial charge in [-0.1, -0.05) is 12.2 Å². The van der Waals surface area contributed by atoms with Crippen molar-refractivity contribution >= 4 is 17.2 Å². The third-order valence-corrected chi connectivity index (χ3v) is 2.96. The lowest BCUT2D eigenvalue weighted by Crippen LogP contribution is -2.17. The molecule has 0 saturated heterocycles. The minimum absolute atomic E-state index is 0.203. The zero-order valence-electron chi connectivity index (χ0n) is 11.2. The average Bonchev–Trinajstić information content (AvgIpc) is 2.66. The number of halogens is 3. The molecular weight excluding hydrogens is 303 g/mol. The molecule has 1 aromatic heterocycles. The monoisotopic (exact) mass is 315 g/mol. The zero-order chi connectivity index (χ0) is 15.8. The standard InChI is InChI=1S/C13H12F3N3OS/c1-7-5-11(19(2)18-7)20-8-3-4-10(13(14,15)16)9(6-8)12(17)21/h3-6H,1-2H3,(H2,17,21). The molecule has 8 heteroatoms. The van der Waals surface area contributed by atoms with Crippen molar-refractivity contribution in [3.8, 4) is 11.6 Å². The Morgan fingerprint density at radius 3 is 2.48 bits per heavy atom. The van der Waals surface area contributed by atoms with Crippen molar-refractivity contribution in [1.82, 2.24) is 9.78 Å². The van der Waals surface area contributed by atoms with Crippen LogP contribution in [0.15, 0.2) is 24.3 Å². The van der Waals surface area contributed by atoms with Crippen LogP contribution in [0.5, 0.6) is 11.6 Å². The van der Waals surface area contributed by atoms with E-state index >= 15 is 0 Å². The van der Waals surface area contributed by atoms with E-state index in [9.17, 15) is 13.2 Å². The molecule has 1 aromatic carbocycles. The van der Waals surface area contributed by atoms with Gasteiger partial charge in [0.25, 0.3) is 0 Å². The van der Waals surface area contributed by atoms with E-state index in [1.165, 1.54) is 16.8 Å². The van der Waals surface area contributed by atoms with Crippen LogP contribution in [0.2, 0.25) is 0 Å². The largest absolute Gasteiger partial charge is 0.439 e. The van der Waals surface area contributed by atoms with E-state index in [1.54, 1.807) is 20.0 Å². The van der Waals surface area contributed by atoms with Gasteiger partial charge < -0.3 is 10.5 Å². The smallest absolute Gasteiger partial charge is 0.417 e. The van der Waals surface area contributed by atoms with Gasteiger partial charge in [-0.25, -0.2) is 4.68 Å². The zero-order valence-corrected chi connectivity index (χ0v) is 12.0. The molecule has 0 aliphatic carbocycles. The van der Waals surface area contributed by atoms with Crippen LogP contribution in [-0.2, 0) is 13.2 Å². The molecule has 4 nitrogen and oxygen atoms in total. The minimum atomic E-state index is -4.53. The summed E-state index contributed by atoms with van der Waals surface area (Å²) in [6.45, 7) is 1.78.